The van der Waals surface area contributed by atoms with Crippen molar-refractivity contribution in [1.29, 1.82) is 0 Å². The van der Waals surface area contributed by atoms with Crippen molar-refractivity contribution in [2.24, 2.45) is 0 Å². The molecule has 58 valence electrons. The maximum atomic E-state index is 10.2. The summed E-state index contributed by atoms with van der Waals surface area (Å²) in [5, 5.41) is 7.98. The summed E-state index contributed by atoms with van der Waals surface area (Å²) in [6, 6.07) is 0. The van der Waals surface area contributed by atoms with Gasteiger partial charge in [-0.3, -0.25) is 9.59 Å². The van der Waals surface area contributed by atoms with E-state index in [1.54, 1.807) is 0 Å². The minimum absolute atomic E-state index is 0.186. The third-order valence-electron chi connectivity index (χ3n) is 0.534. The zero-order chi connectivity index (χ0) is 8.85. The number of carbonyl (C=O) groups is 2. The number of rotatable bonds is 3. The monoisotopic (exact) mass is 159 g/mol. The number of ketones is 1. The molecule has 0 amide bonds. The van der Waals surface area contributed by atoms with E-state index in [4.69, 9.17) is 5.53 Å². The predicted octanol–water partition coefficient (Wildman–Crippen LogP) is -1.41. The van der Waals surface area contributed by atoms with Gasteiger partial charge < -0.3 is 5.53 Å². The van der Waals surface area contributed by atoms with Crippen molar-refractivity contribution in [3.05, 3.63) is 15.6 Å². The maximum absolute atomic E-state index is 10.2. The average molecular weight is 159 g/mol. The number of carbonyl (C=O) groups excluding carboxylic acids is 2. The van der Waals surface area contributed by atoms with Gasteiger partial charge in [-0.1, -0.05) is 0 Å². The Morgan fingerprint density at radius 2 is 2.18 bits per heavy atom. The summed E-state index contributed by atoms with van der Waals surface area (Å²) in [4.78, 5) is 35.1. The number of Topliss-reactive ketones (excluding diaryl/α,β-unsaturated/α-hetero) is 1. The van der Waals surface area contributed by atoms with Gasteiger partial charge in [0.15, 0.2) is 0 Å². The van der Waals surface area contributed by atoms with Crippen molar-refractivity contribution in [3.63, 3.8) is 0 Å². The van der Waals surface area contributed by atoms with Gasteiger partial charge in [0.1, 0.15) is 0 Å². The predicted molar refractivity (Wildman–Crippen MR) is 27.8 cm³/mol. The van der Waals surface area contributed by atoms with Crippen LogP contribution in [0.25, 0.3) is 5.53 Å². The zero-order valence-corrected chi connectivity index (χ0v) is 4.96. The van der Waals surface area contributed by atoms with E-state index in [0.29, 0.717) is 0 Å². The largest absolute Gasteiger partial charge is 0.381 e. The summed E-state index contributed by atoms with van der Waals surface area (Å²) in [7, 11) is 0. The molecule has 0 fully saturated rings. The average Bonchev–Trinajstić information content (AvgIpc) is 1.86. The summed E-state index contributed by atoms with van der Waals surface area (Å²) in [5.74, 6) is -3.13. The van der Waals surface area contributed by atoms with Crippen LogP contribution in [0.1, 0.15) is 0 Å². The highest BCUT2D eigenvalue weighted by Crippen LogP contribution is 1.77. The van der Waals surface area contributed by atoms with E-state index >= 15 is 0 Å². The van der Waals surface area contributed by atoms with E-state index in [-0.39, 0.29) is 6.21 Å². The first kappa shape index (κ1) is 8.92. The Balaban J connectivity index is 4.15. The Morgan fingerprint density at radius 3 is 2.55 bits per heavy atom. The molecule has 11 heavy (non-hydrogen) atoms. The summed E-state index contributed by atoms with van der Waals surface area (Å²) >= 11 is 0. The molecule has 0 saturated heterocycles. The van der Waals surface area contributed by atoms with E-state index in [1.807, 2.05) is 0 Å². The lowest BCUT2D eigenvalue weighted by molar-refractivity contribution is -0.728. The van der Waals surface area contributed by atoms with Gasteiger partial charge >= 0.3 is 23.1 Å². The van der Waals surface area contributed by atoms with Crippen LogP contribution < -0.4 is 0 Å². The first-order valence-electron chi connectivity index (χ1n) is 2.16. The topological polar surface area (TPSA) is 123 Å². The number of hydrogen-bond acceptors (Lipinski definition) is 5. The summed E-state index contributed by atoms with van der Waals surface area (Å²) in [6.45, 7) is 0. The van der Waals surface area contributed by atoms with Crippen molar-refractivity contribution >= 4 is 18.0 Å². The van der Waals surface area contributed by atoms with Crippen molar-refractivity contribution in [3.8, 4) is 0 Å². The van der Waals surface area contributed by atoms with Crippen LogP contribution in [0.5, 0.6) is 0 Å². The van der Waals surface area contributed by atoms with Crippen LogP contribution >= 0.6 is 0 Å². The standard InChI is InChI=1S/C3HN3O5/c4-5-1-2(7)3(8)11-6(9)10/h1H. The van der Waals surface area contributed by atoms with Gasteiger partial charge in [0.25, 0.3) is 0 Å². The molecule has 0 N–H and O–H groups in total. The molecule has 0 rings (SSSR count). The van der Waals surface area contributed by atoms with Crippen LogP contribution in [0, 0.1) is 10.1 Å². The fraction of sp³-hybridized carbons (Fsp3) is 0. The molecule has 8 nitrogen and oxygen atoms in total. The van der Waals surface area contributed by atoms with Crippen molar-refractivity contribution in [2.45, 2.75) is 0 Å². The Kier molecular flexibility index (Phi) is 3.13. The van der Waals surface area contributed by atoms with Crippen LogP contribution in [0.3, 0.4) is 0 Å². The number of hydrogen-bond donors (Lipinski definition) is 0. The lowest BCUT2D eigenvalue weighted by Crippen LogP contribution is -2.21. The Hall–Kier alpha value is -2.08. The molecule has 0 aliphatic rings. The van der Waals surface area contributed by atoms with Crippen molar-refractivity contribution in [1.82, 2.24) is 0 Å². The molecule has 8 heteroatoms. The molecule has 0 unspecified atom stereocenters. The molecule has 0 aromatic heterocycles. The molecule has 0 aromatic carbocycles. The molecule has 0 heterocycles. The van der Waals surface area contributed by atoms with Gasteiger partial charge in [0.05, 0.1) is 0 Å². The first-order valence-corrected chi connectivity index (χ1v) is 2.16. The summed E-state index contributed by atoms with van der Waals surface area (Å²) in [6.07, 6.45) is 0.186. The molecule has 0 atom stereocenters. The zero-order valence-electron chi connectivity index (χ0n) is 4.96. The molecule has 0 aliphatic heterocycles. The van der Waals surface area contributed by atoms with Gasteiger partial charge in [-0.15, -0.1) is 10.1 Å². The van der Waals surface area contributed by atoms with Crippen LogP contribution in [-0.4, -0.2) is 27.8 Å². The Bertz CT molecular complexity index is 252. The lowest BCUT2D eigenvalue weighted by Gasteiger charge is -1.85. The second-order valence-corrected chi connectivity index (χ2v) is 1.21. The normalized spacial score (nSPS) is 7.64. The van der Waals surface area contributed by atoms with E-state index in [1.165, 1.54) is 0 Å². The summed E-state index contributed by atoms with van der Waals surface area (Å²) < 4.78 is 0. The lowest BCUT2D eigenvalue weighted by atomic mass is 10.4. The number of nitrogens with zero attached hydrogens (tertiary/aromatic N) is 3. The third kappa shape index (κ3) is 3.49. The minimum atomic E-state index is -1.72. The van der Waals surface area contributed by atoms with E-state index in [2.05, 4.69) is 9.63 Å². The van der Waals surface area contributed by atoms with E-state index in [0.717, 1.165) is 0 Å². The van der Waals surface area contributed by atoms with Gasteiger partial charge in [-0.25, -0.2) is 4.84 Å². The highest BCUT2D eigenvalue weighted by atomic mass is 17.0. The Morgan fingerprint density at radius 1 is 1.64 bits per heavy atom. The molecule has 0 aromatic rings. The fourth-order valence-corrected chi connectivity index (χ4v) is 0.218. The van der Waals surface area contributed by atoms with E-state index in [9.17, 15) is 19.7 Å². The fourth-order valence-electron chi connectivity index (χ4n) is 0.218. The molecule has 0 aliphatic carbocycles. The second kappa shape index (κ2) is 3.85. The highest BCUT2D eigenvalue weighted by Gasteiger charge is 2.19. The van der Waals surface area contributed by atoms with Gasteiger partial charge in [0.2, 0.25) is 0 Å². The molecule has 0 bridgehead atoms. The van der Waals surface area contributed by atoms with Gasteiger partial charge in [0, 0.05) is 0 Å². The third-order valence-corrected chi connectivity index (χ3v) is 0.534. The second-order valence-electron chi connectivity index (χ2n) is 1.21. The van der Waals surface area contributed by atoms with Crippen molar-refractivity contribution < 1.29 is 24.3 Å². The maximum Gasteiger partial charge on any atom is 0.381 e. The van der Waals surface area contributed by atoms with Crippen LogP contribution in [0.2, 0.25) is 0 Å². The van der Waals surface area contributed by atoms with Crippen LogP contribution in [0.4, 0.5) is 0 Å². The van der Waals surface area contributed by atoms with Gasteiger partial charge in [-0.05, 0) is 0 Å². The summed E-state index contributed by atoms with van der Waals surface area (Å²) in [5.41, 5.74) is 7.69. The smallest absolute Gasteiger partial charge is 0.361 e. The minimum Gasteiger partial charge on any atom is -0.361 e. The van der Waals surface area contributed by atoms with Crippen LogP contribution in [0.15, 0.2) is 0 Å². The quantitative estimate of drug-likeness (QED) is 0.125. The van der Waals surface area contributed by atoms with Crippen molar-refractivity contribution in [2.75, 3.05) is 0 Å². The molecular formula is C3HN3O5. The highest BCUT2D eigenvalue weighted by molar-refractivity contribution is 6.55. The van der Waals surface area contributed by atoms with E-state index < -0.39 is 16.8 Å². The molecule has 0 spiro atoms. The Labute approximate surface area is 59.1 Å². The molecule has 0 radical (unpaired) electrons. The SMILES string of the molecule is [N-]=[N+]=CC(=O)C(=O)O[N+](=O)[O-]. The molecule has 0 saturated carbocycles. The van der Waals surface area contributed by atoms with Gasteiger partial charge in [-0.2, -0.15) is 4.79 Å². The first-order chi connectivity index (χ1) is 5.07. The van der Waals surface area contributed by atoms with Crippen LogP contribution in [-0.2, 0) is 14.4 Å². The molecular weight excluding hydrogens is 158 g/mol.